The van der Waals surface area contributed by atoms with E-state index in [2.05, 4.69) is 10.2 Å². The molecule has 3 atom stereocenters. The summed E-state index contributed by atoms with van der Waals surface area (Å²) >= 11 is 0. The van der Waals surface area contributed by atoms with E-state index in [0.29, 0.717) is 24.9 Å². The molecular weight excluding hydrogens is 294 g/mol. The maximum absolute atomic E-state index is 12.8. The van der Waals surface area contributed by atoms with Crippen molar-refractivity contribution in [2.75, 3.05) is 4.90 Å². The Labute approximate surface area is 134 Å². The number of hydrogen-bond acceptors (Lipinski definition) is 5. The molecule has 3 rings (SSSR count). The molecule has 1 saturated heterocycles. The number of benzene rings is 1. The van der Waals surface area contributed by atoms with Crippen molar-refractivity contribution in [3.63, 3.8) is 0 Å². The molecule has 0 aliphatic carbocycles. The molecule has 0 spiro atoms. The van der Waals surface area contributed by atoms with Gasteiger partial charge in [0.25, 0.3) is 5.91 Å². The molecular formula is C17H19N3O3. The van der Waals surface area contributed by atoms with Crippen LogP contribution in [0.15, 0.2) is 40.6 Å². The number of rotatable bonds is 5. The lowest BCUT2D eigenvalue weighted by molar-refractivity contribution is -0.123. The average molecular weight is 313 g/mol. The van der Waals surface area contributed by atoms with E-state index < -0.39 is 17.5 Å². The van der Waals surface area contributed by atoms with Crippen LogP contribution in [0, 0.1) is 5.92 Å². The molecule has 2 amide bonds. The van der Waals surface area contributed by atoms with Gasteiger partial charge in [-0.2, -0.15) is 10.2 Å². The van der Waals surface area contributed by atoms with Crippen LogP contribution in [0.1, 0.15) is 33.1 Å². The van der Waals surface area contributed by atoms with Crippen LogP contribution in [0.2, 0.25) is 0 Å². The quantitative estimate of drug-likeness (QED) is 0.783. The Morgan fingerprint density at radius 3 is 2.57 bits per heavy atom. The minimum Gasteiger partial charge on any atom is -0.300 e. The summed E-state index contributed by atoms with van der Waals surface area (Å²) in [5.74, 6) is -1.02. The number of anilines is 1. The Kier molecular flexibility index (Phi) is 3.83. The smallest absolute Gasteiger partial charge is 0.261 e. The first kappa shape index (κ1) is 15.5. The molecule has 0 aromatic heterocycles. The van der Waals surface area contributed by atoms with E-state index in [0.717, 1.165) is 0 Å². The molecule has 0 bridgehead atoms. The monoisotopic (exact) mass is 313 g/mol. The van der Waals surface area contributed by atoms with Gasteiger partial charge in [0.1, 0.15) is 5.78 Å². The lowest BCUT2D eigenvalue weighted by Crippen LogP contribution is -2.39. The second kappa shape index (κ2) is 5.68. The highest BCUT2D eigenvalue weighted by Crippen LogP contribution is 2.44. The van der Waals surface area contributed by atoms with Crippen molar-refractivity contribution >= 4 is 23.3 Å². The maximum Gasteiger partial charge on any atom is 0.261 e. The van der Waals surface area contributed by atoms with Crippen molar-refractivity contribution in [1.29, 1.82) is 0 Å². The van der Waals surface area contributed by atoms with Crippen molar-refractivity contribution in [2.24, 2.45) is 16.1 Å². The summed E-state index contributed by atoms with van der Waals surface area (Å²) in [7, 11) is 0. The normalized spacial score (nSPS) is 29.2. The molecule has 1 aromatic carbocycles. The van der Waals surface area contributed by atoms with Gasteiger partial charge in [-0.25, -0.2) is 4.90 Å². The first-order valence-electron chi connectivity index (χ1n) is 7.78. The van der Waals surface area contributed by atoms with Crippen molar-refractivity contribution in [1.82, 2.24) is 0 Å². The molecule has 1 unspecified atom stereocenters. The van der Waals surface area contributed by atoms with Gasteiger partial charge in [-0.15, -0.1) is 0 Å². The number of carbonyl (C=O) groups is 3. The van der Waals surface area contributed by atoms with Gasteiger partial charge in [0.15, 0.2) is 6.04 Å². The minimum absolute atomic E-state index is 0.111. The predicted molar refractivity (Wildman–Crippen MR) is 84.0 cm³/mol. The summed E-state index contributed by atoms with van der Waals surface area (Å²) in [6.07, 6.45) is 1.66. The second-order valence-corrected chi connectivity index (χ2v) is 6.40. The van der Waals surface area contributed by atoms with E-state index in [1.807, 2.05) is 13.0 Å². The fraction of sp³-hybridized carbons (Fsp3) is 0.471. The maximum atomic E-state index is 12.8. The Bertz CT molecular complexity index is 686. The summed E-state index contributed by atoms with van der Waals surface area (Å²) in [5.41, 5.74) is -0.144. The van der Waals surface area contributed by atoms with Gasteiger partial charge in [0.05, 0.1) is 17.1 Å². The van der Waals surface area contributed by atoms with Crippen molar-refractivity contribution in [3.8, 4) is 0 Å². The van der Waals surface area contributed by atoms with Crippen LogP contribution in [-0.4, -0.2) is 29.2 Å². The fourth-order valence-corrected chi connectivity index (χ4v) is 3.37. The summed E-state index contributed by atoms with van der Waals surface area (Å²) in [6, 6.07) is 8.16. The van der Waals surface area contributed by atoms with Crippen molar-refractivity contribution in [3.05, 3.63) is 30.3 Å². The molecule has 120 valence electrons. The summed E-state index contributed by atoms with van der Waals surface area (Å²) < 4.78 is 0. The van der Waals surface area contributed by atoms with E-state index in [4.69, 9.17) is 0 Å². The highest BCUT2D eigenvalue weighted by molar-refractivity contribution is 6.24. The Morgan fingerprint density at radius 1 is 1.22 bits per heavy atom. The van der Waals surface area contributed by atoms with Gasteiger partial charge < -0.3 is 4.79 Å². The summed E-state index contributed by atoms with van der Waals surface area (Å²) in [5, 5.41) is 8.31. The number of azo groups is 1. The van der Waals surface area contributed by atoms with Gasteiger partial charge in [-0.1, -0.05) is 18.2 Å². The number of carbonyl (C=O) groups excluding carboxylic acids is 3. The van der Waals surface area contributed by atoms with Crippen molar-refractivity contribution in [2.45, 2.75) is 44.7 Å². The number of imide groups is 1. The van der Waals surface area contributed by atoms with Crippen molar-refractivity contribution < 1.29 is 14.4 Å². The number of Topliss-reactive ketones (excluding diaryl/α,β-unsaturated/α-hetero) is 1. The van der Waals surface area contributed by atoms with Gasteiger partial charge in [0.2, 0.25) is 5.91 Å². The van der Waals surface area contributed by atoms with Crippen LogP contribution in [0.4, 0.5) is 5.69 Å². The molecule has 2 heterocycles. The van der Waals surface area contributed by atoms with Crippen LogP contribution in [-0.2, 0) is 14.4 Å². The second-order valence-electron chi connectivity index (χ2n) is 6.40. The summed E-state index contributed by atoms with van der Waals surface area (Å²) in [4.78, 5) is 37.7. The van der Waals surface area contributed by atoms with Crippen LogP contribution < -0.4 is 4.90 Å². The molecule has 1 fully saturated rings. The van der Waals surface area contributed by atoms with E-state index in [9.17, 15) is 14.4 Å². The number of amides is 2. The number of nitrogens with zero attached hydrogens (tertiary/aromatic N) is 3. The van der Waals surface area contributed by atoms with Gasteiger partial charge in [-0.3, -0.25) is 9.59 Å². The third-order valence-electron chi connectivity index (χ3n) is 4.58. The average Bonchev–Trinajstić information content (AvgIpc) is 2.97. The standard InChI is InChI=1S/C17H19N3O3/c1-11(21)7-6-10-17(2)13-14(18-19-17)16(23)20(15(13)22)12-8-4-3-5-9-12/h3-5,8-9,13-14H,6-7,10H2,1-2H3/t13-,14+,17?/m1/s1. The third-order valence-corrected chi connectivity index (χ3v) is 4.58. The Morgan fingerprint density at radius 2 is 1.91 bits per heavy atom. The number of hydrogen-bond donors (Lipinski definition) is 0. The first-order valence-corrected chi connectivity index (χ1v) is 7.78. The molecule has 1 aromatic rings. The molecule has 0 radical (unpaired) electrons. The fourth-order valence-electron chi connectivity index (χ4n) is 3.37. The SMILES string of the molecule is CC(=O)CCCC1(C)N=N[C@@H]2C(=O)N(c3ccccc3)C(=O)[C@@H]21. The lowest BCUT2D eigenvalue weighted by Gasteiger charge is -2.25. The third kappa shape index (κ3) is 2.58. The highest BCUT2D eigenvalue weighted by Gasteiger charge is 2.59. The van der Waals surface area contributed by atoms with E-state index in [1.54, 1.807) is 31.2 Å². The molecule has 2 aliphatic rings. The van der Waals surface area contributed by atoms with Crippen LogP contribution >= 0.6 is 0 Å². The largest absolute Gasteiger partial charge is 0.300 e. The van der Waals surface area contributed by atoms with Gasteiger partial charge in [0, 0.05) is 6.42 Å². The van der Waals surface area contributed by atoms with Gasteiger partial charge >= 0.3 is 0 Å². The zero-order chi connectivity index (χ0) is 16.6. The lowest BCUT2D eigenvalue weighted by atomic mass is 9.80. The summed E-state index contributed by atoms with van der Waals surface area (Å²) in [6.45, 7) is 3.39. The topological polar surface area (TPSA) is 79.2 Å². The molecule has 6 heteroatoms. The highest BCUT2D eigenvalue weighted by atomic mass is 16.2. The Balaban J connectivity index is 1.83. The number of para-hydroxylation sites is 1. The van der Waals surface area contributed by atoms with E-state index in [-0.39, 0.29) is 17.6 Å². The molecule has 0 saturated carbocycles. The first-order chi connectivity index (χ1) is 10.9. The molecule has 23 heavy (non-hydrogen) atoms. The van der Waals surface area contributed by atoms with Crippen LogP contribution in [0.3, 0.4) is 0 Å². The van der Waals surface area contributed by atoms with E-state index >= 15 is 0 Å². The zero-order valence-corrected chi connectivity index (χ0v) is 13.2. The molecule has 0 N–H and O–H groups in total. The van der Waals surface area contributed by atoms with Gasteiger partial charge in [-0.05, 0) is 38.8 Å². The molecule has 2 aliphatic heterocycles. The Hall–Kier alpha value is -2.37. The zero-order valence-electron chi connectivity index (χ0n) is 13.2. The molecule has 6 nitrogen and oxygen atoms in total. The minimum atomic E-state index is -0.731. The predicted octanol–water partition coefficient (Wildman–Crippen LogP) is 2.53. The van der Waals surface area contributed by atoms with Crippen LogP contribution in [0.5, 0.6) is 0 Å². The van der Waals surface area contributed by atoms with E-state index in [1.165, 1.54) is 4.90 Å². The number of fused-ring (bicyclic) bond motifs is 1. The van der Waals surface area contributed by atoms with Crippen LogP contribution in [0.25, 0.3) is 0 Å². The number of ketones is 1.